The molecule has 0 fully saturated rings. The Bertz CT molecular complexity index is 812. The molecule has 0 aliphatic carbocycles. The summed E-state index contributed by atoms with van der Waals surface area (Å²) in [6.45, 7) is 3.69. The van der Waals surface area contributed by atoms with Gasteiger partial charge in [-0.25, -0.2) is 4.57 Å². The lowest BCUT2D eigenvalue weighted by molar-refractivity contribution is -0.161. The Labute approximate surface area is 301 Å². The molecule has 1 atom stereocenters. The van der Waals surface area contributed by atoms with Crippen molar-refractivity contribution in [3.8, 4) is 0 Å². The first kappa shape index (κ1) is 47.8. The van der Waals surface area contributed by atoms with Gasteiger partial charge >= 0.3 is 19.8 Å². The molecule has 0 spiro atoms. The van der Waals surface area contributed by atoms with E-state index in [1.807, 2.05) is 0 Å². The molecule has 0 bridgehead atoms. The van der Waals surface area contributed by atoms with Gasteiger partial charge in [0.05, 0.1) is 6.61 Å². The molecule has 49 heavy (non-hydrogen) atoms. The third-order valence-corrected chi connectivity index (χ3v) is 9.52. The van der Waals surface area contributed by atoms with Crippen molar-refractivity contribution < 1.29 is 37.9 Å². The summed E-state index contributed by atoms with van der Waals surface area (Å²) in [5.41, 5.74) is 0. The van der Waals surface area contributed by atoms with Gasteiger partial charge in [0.25, 0.3) is 0 Å². The molecule has 0 aromatic rings. The van der Waals surface area contributed by atoms with E-state index in [1.165, 1.54) is 128 Å². The quantitative estimate of drug-likeness (QED) is 0.0280. The molecule has 0 rings (SSSR count). The molecule has 290 valence electrons. The van der Waals surface area contributed by atoms with Gasteiger partial charge in [0.2, 0.25) is 0 Å². The highest BCUT2D eigenvalue weighted by Crippen LogP contribution is 2.36. The predicted molar refractivity (Wildman–Crippen MR) is 202 cm³/mol. The van der Waals surface area contributed by atoms with Crippen LogP contribution in [0.2, 0.25) is 0 Å². The van der Waals surface area contributed by atoms with Crippen molar-refractivity contribution in [2.24, 2.45) is 0 Å². The summed E-state index contributed by atoms with van der Waals surface area (Å²) in [6, 6.07) is 0. The number of rotatable bonds is 38. The molecule has 0 heterocycles. The number of unbranched alkanes of at least 4 members (excludes halogenated alkanes) is 26. The SMILES string of the molecule is CCCCCCCCC/C=C\CCCCCCCC(=O)O[C@H](COC(=O)CCCCCCCCCCCCCCCCC)COP(=O)(O)O. The van der Waals surface area contributed by atoms with Crippen molar-refractivity contribution >= 4 is 19.8 Å². The molecule has 9 heteroatoms. The molecule has 0 aliphatic rings. The van der Waals surface area contributed by atoms with Crippen LogP contribution < -0.4 is 0 Å². The molecule has 0 saturated carbocycles. The lowest BCUT2D eigenvalue weighted by atomic mass is 10.0. The molecule has 0 aromatic carbocycles. The van der Waals surface area contributed by atoms with Crippen LogP contribution in [0.1, 0.15) is 213 Å². The van der Waals surface area contributed by atoms with E-state index in [4.69, 9.17) is 19.3 Å². The van der Waals surface area contributed by atoms with Crippen molar-refractivity contribution in [2.75, 3.05) is 13.2 Å². The number of hydrogen-bond donors (Lipinski definition) is 2. The number of allylic oxidation sites excluding steroid dienone is 2. The van der Waals surface area contributed by atoms with Crippen LogP contribution in [0, 0.1) is 0 Å². The maximum Gasteiger partial charge on any atom is 0.469 e. The van der Waals surface area contributed by atoms with Gasteiger partial charge in [0.15, 0.2) is 6.10 Å². The lowest BCUT2D eigenvalue weighted by Crippen LogP contribution is -2.29. The Morgan fingerprint density at radius 2 is 0.857 bits per heavy atom. The van der Waals surface area contributed by atoms with Crippen LogP contribution in [0.3, 0.4) is 0 Å². The van der Waals surface area contributed by atoms with Gasteiger partial charge in [-0.05, 0) is 38.5 Å². The fourth-order valence-corrected chi connectivity index (χ4v) is 6.32. The molecule has 0 aromatic heterocycles. The monoisotopic (exact) mass is 717 g/mol. The van der Waals surface area contributed by atoms with Gasteiger partial charge in [-0.2, -0.15) is 0 Å². The van der Waals surface area contributed by atoms with Crippen molar-refractivity contribution in [2.45, 2.75) is 219 Å². The van der Waals surface area contributed by atoms with Gasteiger partial charge in [-0.1, -0.05) is 174 Å². The zero-order valence-corrected chi connectivity index (χ0v) is 32.8. The first-order valence-corrected chi connectivity index (χ1v) is 22.0. The summed E-state index contributed by atoms with van der Waals surface area (Å²) < 4.78 is 26.4. The van der Waals surface area contributed by atoms with Crippen LogP contribution >= 0.6 is 7.82 Å². The zero-order chi connectivity index (χ0) is 36.1. The molecule has 0 aliphatic heterocycles. The Balaban J connectivity index is 3.91. The number of hydrogen-bond acceptors (Lipinski definition) is 6. The Morgan fingerprint density at radius 3 is 1.24 bits per heavy atom. The summed E-state index contributed by atoms with van der Waals surface area (Å²) in [5, 5.41) is 0. The molecular formula is C40H77O8P. The van der Waals surface area contributed by atoms with Crippen molar-refractivity contribution in [3.63, 3.8) is 0 Å². The average molecular weight is 717 g/mol. The third-order valence-electron chi connectivity index (χ3n) is 9.03. The topological polar surface area (TPSA) is 119 Å². The van der Waals surface area contributed by atoms with Gasteiger partial charge in [-0.15, -0.1) is 0 Å². The van der Waals surface area contributed by atoms with Gasteiger partial charge in [-0.3, -0.25) is 14.1 Å². The van der Waals surface area contributed by atoms with Crippen LogP contribution in [0.25, 0.3) is 0 Å². The number of phosphoric acid groups is 1. The van der Waals surface area contributed by atoms with E-state index in [0.29, 0.717) is 6.42 Å². The smallest absolute Gasteiger partial charge is 0.462 e. The molecule has 0 amide bonds. The standard InChI is InChI=1S/C40H77O8P/c1-3-5-7-9-11-13-15-17-19-21-23-25-27-29-31-33-35-40(42)48-38(37-47-49(43,44)45)36-46-39(41)34-32-30-28-26-24-22-20-18-16-14-12-10-8-6-4-2/h19,21,38H,3-18,20,22-37H2,1-2H3,(H2,43,44,45)/b21-19-/t38-/m1/s1. The Hall–Kier alpha value is -1.21. The fourth-order valence-electron chi connectivity index (χ4n) is 5.96. The highest BCUT2D eigenvalue weighted by atomic mass is 31.2. The second-order valence-electron chi connectivity index (χ2n) is 14.0. The number of carbonyl (C=O) groups excluding carboxylic acids is 2. The normalized spacial score (nSPS) is 12.5. The fraction of sp³-hybridized carbons (Fsp3) is 0.900. The highest BCUT2D eigenvalue weighted by molar-refractivity contribution is 7.46. The van der Waals surface area contributed by atoms with Gasteiger partial charge in [0.1, 0.15) is 6.61 Å². The largest absolute Gasteiger partial charge is 0.469 e. The maximum atomic E-state index is 12.4. The number of ether oxygens (including phenoxy) is 2. The summed E-state index contributed by atoms with van der Waals surface area (Å²) >= 11 is 0. The van der Waals surface area contributed by atoms with Crippen LogP contribution in [0.5, 0.6) is 0 Å². The molecule has 8 nitrogen and oxygen atoms in total. The second kappa shape index (κ2) is 36.6. The third kappa shape index (κ3) is 39.4. The van der Waals surface area contributed by atoms with Crippen LogP contribution in [-0.4, -0.2) is 41.0 Å². The lowest BCUT2D eigenvalue weighted by Gasteiger charge is -2.18. The van der Waals surface area contributed by atoms with Gasteiger partial charge in [0, 0.05) is 12.8 Å². The van der Waals surface area contributed by atoms with E-state index in [0.717, 1.165) is 51.4 Å². The average Bonchev–Trinajstić information content (AvgIpc) is 3.07. The molecule has 0 radical (unpaired) electrons. The van der Waals surface area contributed by atoms with Crippen molar-refractivity contribution in [3.05, 3.63) is 12.2 Å². The van der Waals surface area contributed by atoms with Crippen LogP contribution in [-0.2, 0) is 28.2 Å². The Morgan fingerprint density at radius 1 is 0.510 bits per heavy atom. The van der Waals surface area contributed by atoms with Crippen molar-refractivity contribution in [1.29, 1.82) is 0 Å². The summed E-state index contributed by atoms with van der Waals surface area (Å²) in [5.74, 6) is -0.884. The summed E-state index contributed by atoms with van der Waals surface area (Å²) in [7, 11) is -4.75. The van der Waals surface area contributed by atoms with Crippen LogP contribution in [0.4, 0.5) is 0 Å². The molecule has 0 saturated heterocycles. The van der Waals surface area contributed by atoms with E-state index < -0.39 is 32.5 Å². The summed E-state index contributed by atoms with van der Waals surface area (Å²) in [6.07, 6.45) is 39.3. The van der Waals surface area contributed by atoms with Crippen molar-refractivity contribution in [1.82, 2.24) is 0 Å². The Kier molecular flexibility index (Phi) is 35.7. The first-order valence-electron chi connectivity index (χ1n) is 20.5. The van der Waals surface area contributed by atoms with E-state index >= 15 is 0 Å². The minimum Gasteiger partial charge on any atom is -0.462 e. The minimum atomic E-state index is -4.75. The molecule has 0 unspecified atom stereocenters. The zero-order valence-electron chi connectivity index (χ0n) is 31.9. The molecule has 2 N–H and O–H groups in total. The van der Waals surface area contributed by atoms with E-state index in [2.05, 4.69) is 30.5 Å². The minimum absolute atomic E-state index is 0.206. The summed E-state index contributed by atoms with van der Waals surface area (Å²) in [4.78, 5) is 42.8. The first-order chi connectivity index (χ1) is 23.8. The number of carbonyl (C=O) groups is 2. The maximum absolute atomic E-state index is 12.4. The van der Waals surface area contributed by atoms with Crippen LogP contribution in [0.15, 0.2) is 12.2 Å². The van der Waals surface area contributed by atoms with E-state index in [1.54, 1.807) is 0 Å². The van der Waals surface area contributed by atoms with E-state index in [-0.39, 0.29) is 19.4 Å². The predicted octanol–water partition coefficient (Wildman–Crippen LogP) is 12.2. The number of phosphoric ester groups is 1. The van der Waals surface area contributed by atoms with E-state index in [9.17, 15) is 14.2 Å². The number of esters is 2. The highest BCUT2D eigenvalue weighted by Gasteiger charge is 2.22. The van der Waals surface area contributed by atoms with Gasteiger partial charge < -0.3 is 19.3 Å². The molecular weight excluding hydrogens is 639 g/mol. The second-order valence-corrected chi connectivity index (χ2v) is 15.2.